The van der Waals surface area contributed by atoms with Crippen molar-refractivity contribution in [2.24, 2.45) is 5.16 Å². The van der Waals surface area contributed by atoms with Crippen LogP contribution < -0.4 is 0 Å². The van der Waals surface area contributed by atoms with Crippen LogP contribution in [0.1, 0.15) is 58.6 Å². The lowest BCUT2D eigenvalue weighted by molar-refractivity contribution is 0.0697. The van der Waals surface area contributed by atoms with E-state index in [2.05, 4.69) is 29.7 Å². The number of aryl methyl sites for hydroxylation is 2. The third-order valence-corrected chi connectivity index (χ3v) is 5.95. The molecular weight excluding hydrogens is 448 g/mol. The van der Waals surface area contributed by atoms with E-state index in [0.717, 1.165) is 45.6 Å². The summed E-state index contributed by atoms with van der Waals surface area (Å²) in [5.74, 6) is -1.06. The van der Waals surface area contributed by atoms with Crippen LogP contribution >= 0.6 is 0 Å². The minimum atomic E-state index is -0.943. The summed E-state index contributed by atoms with van der Waals surface area (Å²) in [6.07, 6.45) is 9.47. The van der Waals surface area contributed by atoms with Crippen molar-refractivity contribution in [2.45, 2.75) is 39.5 Å². The average molecular weight is 481 g/mol. The summed E-state index contributed by atoms with van der Waals surface area (Å²) in [6, 6.07) is 18.8. The van der Waals surface area contributed by atoms with Gasteiger partial charge in [-0.2, -0.15) is 0 Å². The van der Waals surface area contributed by atoms with Crippen LogP contribution in [-0.4, -0.2) is 27.0 Å². The van der Waals surface area contributed by atoms with Gasteiger partial charge < -0.3 is 10.3 Å². The Morgan fingerprint density at radius 1 is 0.972 bits per heavy atom. The lowest BCUT2D eigenvalue weighted by Gasteiger charge is -2.20. The van der Waals surface area contributed by atoms with Gasteiger partial charge in [-0.3, -0.25) is 4.98 Å². The second-order valence-corrected chi connectivity index (χ2v) is 8.72. The lowest BCUT2D eigenvalue weighted by Crippen LogP contribution is -2.11. The van der Waals surface area contributed by atoms with E-state index in [9.17, 15) is 10.0 Å². The highest BCUT2D eigenvalue weighted by Gasteiger charge is 2.19. The highest BCUT2D eigenvalue weighted by Crippen LogP contribution is 2.32. The van der Waals surface area contributed by atoms with Crippen molar-refractivity contribution in [1.82, 2.24) is 4.98 Å². The van der Waals surface area contributed by atoms with E-state index in [1.165, 1.54) is 0 Å². The molecule has 5 nitrogen and oxygen atoms in total. The smallest absolute Gasteiger partial charge is 0.335 e. The molecule has 0 bridgehead atoms. The number of oxime groups is 1. The van der Waals surface area contributed by atoms with Crippen molar-refractivity contribution in [3.05, 3.63) is 125 Å². The Bertz CT molecular complexity index is 1280. The minimum absolute atomic E-state index is 0.112. The van der Waals surface area contributed by atoms with Gasteiger partial charge in [0.05, 0.1) is 11.3 Å². The molecule has 0 unspecified atom stereocenters. The van der Waals surface area contributed by atoms with Gasteiger partial charge in [0.15, 0.2) is 0 Å². The van der Waals surface area contributed by atoms with E-state index >= 15 is 0 Å². The Balaban J connectivity index is 1.93. The zero-order valence-electron chi connectivity index (χ0n) is 21.0. The normalized spacial score (nSPS) is 12.8. The number of carboxylic acids is 1. The zero-order valence-corrected chi connectivity index (χ0v) is 21.0. The van der Waals surface area contributed by atoms with E-state index in [0.29, 0.717) is 12.1 Å². The molecule has 0 saturated carbocycles. The van der Waals surface area contributed by atoms with E-state index in [1.807, 2.05) is 80.6 Å². The number of hydrogen-bond donors (Lipinski definition) is 2. The molecule has 2 N–H and O–H groups in total. The van der Waals surface area contributed by atoms with Crippen molar-refractivity contribution in [1.29, 1.82) is 0 Å². The summed E-state index contributed by atoms with van der Waals surface area (Å²) in [5.41, 5.74) is 7.26. The predicted octanol–water partition coefficient (Wildman–Crippen LogP) is 7.49. The van der Waals surface area contributed by atoms with Gasteiger partial charge in [-0.05, 0) is 66.8 Å². The number of benzene rings is 2. The molecule has 0 radical (unpaired) electrons. The van der Waals surface area contributed by atoms with Crippen LogP contribution in [0.25, 0.3) is 11.1 Å². The monoisotopic (exact) mass is 480 g/mol. The van der Waals surface area contributed by atoms with Gasteiger partial charge >= 0.3 is 5.97 Å². The van der Waals surface area contributed by atoms with E-state index in [4.69, 9.17) is 5.11 Å². The van der Waals surface area contributed by atoms with Crippen molar-refractivity contribution >= 4 is 11.7 Å². The minimum Gasteiger partial charge on any atom is -0.478 e. The topological polar surface area (TPSA) is 82.8 Å². The Hall–Kier alpha value is -4.25. The fourth-order valence-electron chi connectivity index (χ4n) is 4.10. The average Bonchev–Trinajstić information content (AvgIpc) is 2.87. The summed E-state index contributed by atoms with van der Waals surface area (Å²) < 4.78 is 0. The van der Waals surface area contributed by atoms with Crippen molar-refractivity contribution < 1.29 is 15.1 Å². The number of rotatable bonds is 10. The van der Waals surface area contributed by atoms with Gasteiger partial charge in [-0.1, -0.05) is 79.4 Å². The van der Waals surface area contributed by atoms with Crippen LogP contribution in [0, 0.1) is 13.8 Å². The van der Waals surface area contributed by atoms with Gasteiger partial charge in [-0.15, -0.1) is 0 Å². The molecule has 0 spiro atoms. The zero-order chi connectivity index (χ0) is 26.1. The van der Waals surface area contributed by atoms with Crippen LogP contribution in [0.2, 0.25) is 0 Å². The number of pyridine rings is 1. The number of hydrogen-bond acceptors (Lipinski definition) is 4. The second kappa shape index (κ2) is 12.5. The van der Waals surface area contributed by atoms with Crippen LogP contribution in [0.4, 0.5) is 0 Å². The largest absolute Gasteiger partial charge is 0.478 e. The Labute approximate surface area is 212 Å². The van der Waals surface area contributed by atoms with E-state index in [-0.39, 0.29) is 11.5 Å². The fraction of sp³-hybridized carbons (Fsp3) is 0.194. The predicted molar refractivity (Wildman–Crippen MR) is 146 cm³/mol. The highest BCUT2D eigenvalue weighted by atomic mass is 16.4. The van der Waals surface area contributed by atoms with Crippen molar-refractivity contribution in [2.75, 3.05) is 0 Å². The number of nitrogens with zero attached hydrogens (tertiary/aromatic N) is 2. The van der Waals surface area contributed by atoms with Crippen LogP contribution in [-0.2, 0) is 0 Å². The summed E-state index contributed by atoms with van der Waals surface area (Å²) >= 11 is 0. The molecule has 3 aromatic rings. The first-order valence-electron chi connectivity index (χ1n) is 11.9. The van der Waals surface area contributed by atoms with Gasteiger partial charge in [0.25, 0.3) is 0 Å². The molecule has 0 aliphatic heterocycles. The molecule has 2 aromatic carbocycles. The van der Waals surface area contributed by atoms with Crippen LogP contribution in [0.15, 0.2) is 102 Å². The number of allylic oxidation sites excluding steroid dienone is 5. The number of carbonyl (C=O) groups is 1. The molecule has 0 fully saturated rings. The van der Waals surface area contributed by atoms with Crippen molar-refractivity contribution in [3.8, 4) is 11.1 Å². The molecule has 36 heavy (non-hydrogen) atoms. The third kappa shape index (κ3) is 6.89. The molecule has 184 valence electrons. The van der Waals surface area contributed by atoms with Crippen molar-refractivity contribution in [3.63, 3.8) is 0 Å². The Morgan fingerprint density at radius 2 is 1.56 bits per heavy atom. The number of carboxylic acid groups (broad SMARTS) is 1. The summed E-state index contributed by atoms with van der Waals surface area (Å²) in [6.45, 7) is 10.3. The van der Waals surface area contributed by atoms with Gasteiger partial charge in [0.2, 0.25) is 0 Å². The van der Waals surface area contributed by atoms with Gasteiger partial charge in [-0.25, -0.2) is 4.79 Å². The molecule has 0 aliphatic rings. The van der Waals surface area contributed by atoms with E-state index in [1.54, 1.807) is 12.1 Å². The quantitative estimate of drug-likeness (QED) is 0.136. The number of aromatic carboxylic acids is 1. The summed E-state index contributed by atoms with van der Waals surface area (Å²) in [4.78, 5) is 15.6. The summed E-state index contributed by atoms with van der Waals surface area (Å²) in [7, 11) is 0. The molecule has 3 rings (SSSR count). The third-order valence-electron chi connectivity index (χ3n) is 5.95. The lowest BCUT2D eigenvalue weighted by atomic mass is 9.85. The maximum absolute atomic E-state index is 11.1. The van der Waals surface area contributed by atoms with E-state index < -0.39 is 5.97 Å². The first kappa shape index (κ1) is 26.4. The maximum atomic E-state index is 11.1. The second-order valence-electron chi connectivity index (χ2n) is 8.72. The first-order chi connectivity index (χ1) is 17.3. The molecule has 1 heterocycles. The van der Waals surface area contributed by atoms with Crippen LogP contribution in [0.5, 0.6) is 0 Å². The maximum Gasteiger partial charge on any atom is 0.335 e. The molecule has 1 aromatic heterocycles. The molecule has 1 atom stereocenters. The fourth-order valence-corrected chi connectivity index (χ4v) is 4.10. The molecular formula is C31H32N2O3. The van der Waals surface area contributed by atoms with Gasteiger partial charge in [0, 0.05) is 29.3 Å². The first-order valence-corrected chi connectivity index (χ1v) is 11.9. The molecule has 0 aliphatic carbocycles. The molecule has 5 heteroatoms. The number of aromatic nitrogens is 1. The molecule has 0 amide bonds. The Morgan fingerprint density at radius 3 is 2.08 bits per heavy atom. The summed E-state index contributed by atoms with van der Waals surface area (Å²) in [5, 5.41) is 22.7. The molecule has 0 saturated heterocycles. The van der Waals surface area contributed by atoms with Gasteiger partial charge in [0.1, 0.15) is 0 Å². The Kier molecular flexibility index (Phi) is 9.12. The highest BCUT2D eigenvalue weighted by molar-refractivity contribution is 6.01. The van der Waals surface area contributed by atoms with Crippen LogP contribution in [0.3, 0.4) is 0 Å². The SMILES string of the molecule is C=C(/C=C\C=C/CC)[C@H](C/C(=N\O)c1cc(C)nc(C)c1)c1ccc(-c2ccc(C(=O)O)cc2)cc1. The standard InChI is InChI=1S/C31H32N2O3/c1-5-6-7-8-9-21(2)29(20-30(33-36)28-18-22(3)32-23(4)19-28)26-14-10-24(11-15-26)25-12-16-27(17-13-25)31(34)35/h6-19,29,36H,2,5,20H2,1,3-4H3,(H,34,35)/b7-6-,9-8-,33-30+/t29-/m0/s1.